The van der Waals surface area contributed by atoms with Crippen molar-refractivity contribution in [1.29, 1.82) is 0 Å². The van der Waals surface area contributed by atoms with E-state index in [-0.39, 0.29) is 0 Å². The van der Waals surface area contributed by atoms with Gasteiger partial charge in [-0.15, -0.1) is 0 Å². The quantitative estimate of drug-likeness (QED) is 0.820. The second kappa shape index (κ2) is 7.86. The van der Waals surface area contributed by atoms with Crippen molar-refractivity contribution in [2.45, 2.75) is 38.4 Å². The molecule has 2 atom stereocenters. The van der Waals surface area contributed by atoms with E-state index in [0.717, 1.165) is 38.0 Å². The Balaban J connectivity index is 1.31. The normalized spacial score (nSPS) is 25.0. The van der Waals surface area contributed by atoms with Crippen molar-refractivity contribution in [3.05, 3.63) is 35.7 Å². The number of piperazine rings is 1. The summed E-state index contributed by atoms with van der Waals surface area (Å²) in [5.41, 5.74) is 2.28. The van der Waals surface area contributed by atoms with Gasteiger partial charge < -0.3 is 14.2 Å². The SMILES string of the molecule is Cc1nc(-c2cccc(C[C@@H]3CC[C@H](CN4CCN(C)CC4)O3)c2)no1. The van der Waals surface area contributed by atoms with Crippen molar-refractivity contribution < 1.29 is 9.26 Å². The largest absolute Gasteiger partial charge is 0.373 e. The van der Waals surface area contributed by atoms with Crippen LogP contribution >= 0.6 is 0 Å². The Morgan fingerprint density at radius 1 is 1.12 bits per heavy atom. The number of hydrogen-bond donors (Lipinski definition) is 0. The highest BCUT2D eigenvalue weighted by Crippen LogP contribution is 2.25. The second-order valence-corrected chi connectivity index (χ2v) is 7.60. The van der Waals surface area contributed by atoms with Gasteiger partial charge in [-0.1, -0.05) is 23.4 Å². The van der Waals surface area contributed by atoms with Crippen molar-refractivity contribution in [3.63, 3.8) is 0 Å². The first kappa shape index (κ1) is 17.6. The molecule has 0 amide bonds. The minimum Gasteiger partial charge on any atom is -0.373 e. The highest BCUT2D eigenvalue weighted by atomic mass is 16.5. The monoisotopic (exact) mass is 356 g/mol. The lowest BCUT2D eigenvalue weighted by molar-refractivity contribution is 0.0146. The average molecular weight is 356 g/mol. The first-order chi connectivity index (χ1) is 12.7. The lowest BCUT2D eigenvalue weighted by Crippen LogP contribution is -2.47. The fourth-order valence-corrected chi connectivity index (χ4v) is 3.90. The van der Waals surface area contributed by atoms with E-state index in [1.54, 1.807) is 0 Å². The molecule has 3 heterocycles. The van der Waals surface area contributed by atoms with Crippen molar-refractivity contribution in [2.24, 2.45) is 0 Å². The van der Waals surface area contributed by atoms with Crippen LogP contribution in [0.5, 0.6) is 0 Å². The fraction of sp³-hybridized carbons (Fsp3) is 0.600. The van der Waals surface area contributed by atoms with Gasteiger partial charge in [0.15, 0.2) is 0 Å². The maximum absolute atomic E-state index is 6.34. The van der Waals surface area contributed by atoms with Crippen LogP contribution < -0.4 is 0 Å². The summed E-state index contributed by atoms with van der Waals surface area (Å²) in [6.45, 7) is 7.54. The first-order valence-electron chi connectivity index (χ1n) is 9.62. The van der Waals surface area contributed by atoms with Gasteiger partial charge in [0, 0.05) is 45.2 Å². The van der Waals surface area contributed by atoms with Crippen LogP contribution in [0.1, 0.15) is 24.3 Å². The van der Waals surface area contributed by atoms with Gasteiger partial charge in [0.2, 0.25) is 11.7 Å². The Morgan fingerprint density at radius 2 is 1.92 bits per heavy atom. The third kappa shape index (κ3) is 4.31. The third-order valence-corrected chi connectivity index (χ3v) is 5.43. The molecule has 0 unspecified atom stereocenters. The molecule has 6 nitrogen and oxygen atoms in total. The molecule has 2 aliphatic rings. The Bertz CT molecular complexity index is 724. The van der Waals surface area contributed by atoms with E-state index >= 15 is 0 Å². The zero-order valence-electron chi connectivity index (χ0n) is 15.7. The molecule has 2 saturated heterocycles. The molecule has 0 N–H and O–H groups in total. The molecule has 0 saturated carbocycles. The summed E-state index contributed by atoms with van der Waals surface area (Å²) < 4.78 is 11.4. The van der Waals surface area contributed by atoms with Gasteiger partial charge in [-0.2, -0.15) is 4.98 Å². The number of likely N-dealkylation sites (N-methyl/N-ethyl adjacent to an activating group) is 1. The third-order valence-electron chi connectivity index (χ3n) is 5.43. The lowest BCUT2D eigenvalue weighted by atomic mass is 10.0. The van der Waals surface area contributed by atoms with Crippen LogP contribution in [-0.2, 0) is 11.2 Å². The van der Waals surface area contributed by atoms with Gasteiger partial charge in [-0.25, -0.2) is 0 Å². The van der Waals surface area contributed by atoms with Gasteiger partial charge in [0.05, 0.1) is 12.2 Å². The Kier molecular flexibility index (Phi) is 5.33. The van der Waals surface area contributed by atoms with Crippen LogP contribution in [0.4, 0.5) is 0 Å². The minimum absolute atomic E-state index is 0.315. The molecule has 6 heteroatoms. The van der Waals surface area contributed by atoms with E-state index in [2.05, 4.69) is 45.2 Å². The van der Waals surface area contributed by atoms with Gasteiger partial charge in [-0.05, 0) is 37.9 Å². The highest BCUT2D eigenvalue weighted by molar-refractivity contribution is 5.55. The summed E-state index contributed by atoms with van der Waals surface area (Å²) in [7, 11) is 2.20. The zero-order chi connectivity index (χ0) is 17.9. The molecule has 26 heavy (non-hydrogen) atoms. The number of ether oxygens (including phenoxy) is 1. The molecule has 1 aromatic carbocycles. The maximum atomic E-state index is 6.34. The zero-order valence-corrected chi connectivity index (χ0v) is 15.7. The second-order valence-electron chi connectivity index (χ2n) is 7.60. The summed E-state index contributed by atoms with van der Waals surface area (Å²) in [4.78, 5) is 9.26. The van der Waals surface area contributed by atoms with Crippen LogP contribution in [0.3, 0.4) is 0 Å². The highest BCUT2D eigenvalue weighted by Gasteiger charge is 2.28. The van der Waals surface area contributed by atoms with Crippen LogP contribution in [0.2, 0.25) is 0 Å². The number of nitrogens with zero attached hydrogens (tertiary/aromatic N) is 4. The topological polar surface area (TPSA) is 54.6 Å². The van der Waals surface area contributed by atoms with Crippen molar-refractivity contribution in [3.8, 4) is 11.4 Å². The molecule has 1 aromatic heterocycles. The Labute approximate surface area is 155 Å². The summed E-state index contributed by atoms with van der Waals surface area (Å²) >= 11 is 0. The molecule has 2 fully saturated rings. The molecule has 0 spiro atoms. The molecule has 0 bridgehead atoms. The summed E-state index contributed by atoms with van der Waals surface area (Å²) in [6.07, 6.45) is 3.95. The van der Waals surface area contributed by atoms with Gasteiger partial charge >= 0.3 is 0 Å². The van der Waals surface area contributed by atoms with Gasteiger partial charge in [0.25, 0.3) is 0 Å². The van der Waals surface area contributed by atoms with Crippen molar-refractivity contribution in [2.75, 3.05) is 39.8 Å². The van der Waals surface area contributed by atoms with E-state index in [0.29, 0.717) is 23.9 Å². The molecule has 0 radical (unpaired) electrons. The smallest absolute Gasteiger partial charge is 0.223 e. The van der Waals surface area contributed by atoms with E-state index in [9.17, 15) is 0 Å². The van der Waals surface area contributed by atoms with E-state index in [1.807, 2.05) is 13.0 Å². The van der Waals surface area contributed by atoms with E-state index < -0.39 is 0 Å². The van der Waals surface area contributed by atoms with Gasteiger partial charge in [0.1, 0.15) is 0 Å². The van der Waals surface area contributed by atoms with E-state index in [4.69, 9.17) is 9.26 Å². The molecule has 2 aliphatic heterocycles. The molecular formula is C20H28N4O2. The van der Waals surface area contributed by atoms with Gasteiger partial charge in [-0.3, -0.25) is 4.90 Å². The number of aromatic nitrogens is 2. The van der Waals surface area contributed by atoms with Crippen LogP contribution in [0.25, 0.3) is 11.4 Å². The lowest BCUT2D eigenvalue weighted by Gasteiger charge is -2.33. The standard InChI is InChI=1S/C20H28N4O2/c1-15-21-20(22-26-15)17-5-3-4-16(12-17)13-18-6-7-19(25-18)14-24-10-8-23(2)9-11-24/h3-5,12,18-19H,6-11,13-14H2,1-2H3/t18-,19+/m0/s1. The predicted octanol–water partition coefficient (Wildman–Crippen LogP) is 2.38. The van der Waals surface area contributed by atoms with Crippen LogP contribution in [0.15, 0.2) is 28.8 Å². The molecule has 140 valence electrons. The Morgan fingerprint density at radius 3 is 2.69 bits per heavy atom. The maximum Gasteiger partial charge on any atom is 0.223 e. The number of aryl methyl sites for hydroxylation is 1. The number of rotatable bonds is 5. The minimum atomic E-state index is 0.315. The van der Waals surface area contributed by atoms with E-state index in [1.165, 1.54) is 25.1 Å². The molecule has 4 rings (SSSR count). The number of benzene rings is 1. The summed E-state index contributed by atoms with van der Waals surface area (Å²) in [6, 6.07) is 8.40. The fourth-order valence-electron chi connectivity index (χ4n) is 3.90. The number of hydrogen-bond acceptors (Lipinski definition) is 6. The molecule has 0 aliphatic carbocycles. The predicted molar refractivity (Wildman–Crippen MR) is 100 cm³/mol. The average Bonchev–Trinajstić information content (AvgIpc) is 3.26. The van der Waals surface area contributed by atoms with Crippen molar-refractivity contribution >= 4 is 0 Å². The molecular weight excluding hydrogens is 328 g/mol. The van der Waals surface area contributed by atoms with Crippen LogP contribution in [-0.4, -0.2) is 71.9 Å². The van der Waals surface area contributed by atoms with Crippen LogP contribution in [0, 0.1) is 6.92 Å². The first-order valence-corrected chi connectivity index (χ1v) is 9.62. The molecule has 2 aromatic rings. The summed E-state index contributed by atoms with van der Waals surface area (Å²) in [5.74, 6) is 1.25. The summed E-state index contributed by atoms with van der Waals surface area (Å²) in [5, 5.41) is 4.02. The van der Waals surface area contributed by atoms with Crippen molar-refractivity contribution in [1.82, 2.24) is 19.9 Å². The Hall–Kier alpha value is -1.76.